The van der Waals surface area contributed by atoms with Crippen molar-refractivity contribution >= 4 is 82.9 Å². The van der Waals surface area contributed by atoms with Crippen LogP contribution in [0, 0.1) is 38.2 Å². The molecule has 0 N–H and O–H groups in total. The standard InChI is InChI=1S/3C16H11N2O.Ir/c3*1-17-9-10-18(11-17)14-7-4-6-13-12-5-2-3-8-15(12)19-16(13)14;/h3*2-6,8-10H,1H3;/q3*-1;+3. The van der Waals surface area contributed by atoms with Crippen molar-refractivity contribution in [1.82, 2.24) is 14.7 Å². The molecule has 3 aliphatic rings. The summed E-state index contributed by atoms with van der Waals surface area (Å²) in [5, 5.41) is 6.70. The summed E-state index contributed by atoms with van der Waals surface area (Å²) in [6.45, 7) is 9.51. The number of rotatable bonds is 3. The number of nitrogens with zero attached hydrogens (tertiary/aromatic N) is 6. The Labute approximate surface area is 349 Å². The molecule has 0 bridgehead atoms. The molecule has 0 saturated carbocycles. The molecule has 12 rings (SSSR count). The van der Waals surface area contributed by atoms with Crippen LogP contribution in [-0.4, -0.2) is 35.8 Å². The van der Waals surface area contributed by atoms with Gasteiger partial charge in [0.15, 0.2) is 0 Å². The van der Waals surface area contributed by atoms with E-state index in [1.165, 1.54) is 0 Å². The van der Waals surface area contributed by atoms with Gasteiger partial charge < -0.3 is 42.7 Å². The van der Waals surface area contributed by atoms with Crippen LogP contribution in [0.2, 0.25) is 0 Å². The van der Waals surface area contributed by atoms with Crippen LogP contribution in [0.3, 0.4) is 0 Å². The van der Waals surface area contributed by atoms with Crippen LogP contribution < -0.4 is 14.7 Å². The fraction of sp³-hybridized carbons (Fsp3) is 0.0625. The number of fused-ring (bicyclic) bond motifs is 9. The zero-order chi connectivity index (χ0) is 38.5. The molecule has 0 spiro atoms. The first-order chi connectivity index (χ1) is 28.0. The number of benzene rings is 6. The molecule has 6 aromatic carbocycles. The molecule has 0 atom stereocenters. The van der Waals surface area contributed by atoms with Crippen LogP contribution in [0.15, 0.2) is 160 Å². The Balaban J connectivity index is 0.000000112. The zero-order valence-electron chi connectivity index (χ0n) is 31.6. The molecule has 0 unspecified atom stereocenters. The van der Waals surface area contributed by atoms with Crippen molar-refractivity contribution < 1.29 is 33.4 Å². The minimum atomic E-state index is 0. The first-order valence-corrected chi connectivity index (χ1v) is 18.3. The predicted octanol–water partition coefficient (Wildman–Crippen LogP) is 10.8. The Morgan fingerprint density at radius 3 is 0.948 bits per heavy atom. The quantitative estimate of drug-likeness (QED) is 0.161. The van der Waals surface area contributed by atoms with Crippen molar-refractivity contribution in [1.29, 1.82) is 0 Å². The van der Waals surface area contributed by atoms with Gasteiger partial charge >= 0.3 is 20.1 Å². The minimum Gasteiger partial charge on any atom is -0.513 e. The van der Waals surface area contributed by atoms with E-state index in [0.717, 1.165) is 82.9 Å². The van der Waals surface area contributed by atoms with Gasteiger partial charge in [0.25, 0.3) is 0 Å². The topological polar surface area (TPSA) is 58.9 Å². The first kappa shape index (κ1) is 37.0. The van der Waals surface area contributed by atoms with Crippen LogP contribution in [-0.2, 0) is 20.1 Å². The molecule has 6 heterocycles. The Hall–Kier alpha value is -6.61. The summed E-state index contributed by atoms with van der Waals surface area (Å²) >= 11 is 0. The summed E-state index contributed by atoms with van der Waals surface area (Å²) < 4.78 is 17.9. The third-order valence-corrected chi connectivity index (χ3v) is 9.79. The largest absolute Gasteiger partial charge is 3.00 e. The van der Waals surface area contributed by atoms with E-state index in [0.29, 0.717) is 0 Å². The Bertz CT molecular complexity index is 2690. The number of para-hydroxylation sites is 3. The SMILES string of the molecule is CN1[C]N(c2[c-]ccc3c2oc2ccccc23)C=C1.CN1[C]N(c2[c-]ccc3c2oc2ccccc23)C=C1.CN1[C]N(c2[c-]ccc3c2oc2ccccc23)C=C1.[Ir+3]. The van der Waals surface area contributed by atoms with Crippen molar-refractivity contribution in [3.63, 3.8) is 0 Å². The summed E-state index contributed by atoms with van der Waals surface area (Å²) in [7, 11) is 5.82. The molecule has 0 amide bonds. The van der Waals surface area contributed by atoms with Crippen molar-refractivity contribution in [2.75, 3.05) is 35.8 Å². The van der Waals surface area contributed by atoms with E-state index in [2.05, 4.69) is 56.4 Å². The third-order valence-electron chi connectivity index (χ3n) is 9.79. The van der Waals surface area contributed by atoms with Crippen molar-refractivity contribution in [3.05, 3.63) is 185 Å². The number of hydrogen-bond acceptors (Lipinski definition) is 9. The van der Waals surface area contributed by atoms with E-state index in [1.807, 2.05) is 179 Å². The average molecular weight is 934 g/mol. The van der Waals surface area contributed by atoms with E-state index in [4.69, 9.17) is 13.3 Å². The van der Waals surface area contributed by atoms with E-state index in [1.54, 1.807) is 0 Å². The van der Waals surface area contributed by atoms with Gasteiger partial charge in [-0.3, -0.25) is 0 Å². The van der Waals surface area contributed by atoms with Gasteiger partial charge in [-0.2, -0.15) is 54.6 Å². The Morgan fingerprint density at radius 1 is 0.379 bits per heavy atom. The van der Waals surface area contributed by atoms with Gasteiger partial charge in [-0.15, -0.1) is 0 Å². The molecular weight excluding hydrogens is 901 g/mol. The number of furan rings is 3. The molecule has 10 heteroatoms. The van der Waals surface area contributed by atoms with Gasteiger partial charge in [0.1, 0.15) is 16.7 Å². The zero-order valence-corrected chi connectivity index (χ0v) is 34.0. The molecule has 0 fully saturated rings. The van der Waals surface area contributed by atoms with Gasteiger partial charge in [-0.05, 0) is 35.3 Å². The summed E-state index contributed by atoms with van der Waals surface area (Å²) in [4.78, 5) is 11.3. The van der Waals surface area contributed by atoms with E-state index in [-0.39, 0.29) is 20.1 Å². The average Bonchev–Trinajstić information content (AvgIpc) is 4.11. The monoisotopic (exact) mass is 934 g/mol. The minimum absolute atomic E-state index is 0. The summed E-state index contributed by atoms with van der Waals surface area (Å²) in [6, 6.07) is 45.8. The van der Waals surface area contributed by atoms with E-state index in [9.17, 15) is 0 Å². The molecule has 9 nitrogen and oxygen atoms in total. The van der Waals surface area contributed by atoms with Crippen LogP contribution in [0.1, 0.15) is 0 Å². The fourth-order valence-electron chi connectivity index (χ4n) is 7.15. The summed E-state index contributed by atoms with van der Waals surface area (Å²) in [5.41, 5.74) is 7.88. The van der Waals surface area contributed by atoms with E-state index >= 15 is 0 Å². The Kier molecular flexibility index (Phi) is 9.81. The predicted molar refractivity (Wildman–Crippen MR) is 226 cm³/mol. The molecule has 58 heavy (non-hydrogen) atoms. The first-order valence-electron chi connectivity index (χ1n) is 18.3. The molecular formula is C48H33IrN6O3. The van der Waals surface area contributed by atoms with Crippen molar-refractivity contribution in [3.8, 4) is 0 Å². The second-order valence-corrected chi connectivity index (χ2v) is 13.6. The van der Waals surface area contributed by atoms with Gasteiger partial charge in [0.05, 0.1) is 0 Å². The van der Waals surface area contributed by atoms with Gasteiger partial charge in [-0.1, -0.05) is 70.8 Å². The second-order valence-electron chi connectivity index (χ2n) is 13.6. The molecule has 0 saturated heterocycles. The summed E-state index contributed by atoms with van der Waals surface area (Å²) in [6.07, 6.45) is 11.6. The van der Waals surface area contributed by atoms with Gasteiger partial charge in [0, 0.05) is 91.3 Å². The van der Waals surface area contributed by atoms with Gasteiger partial charge in [-0.25, -0.2) is 0 Å². The number of anilines is 3. The van der Waals surface area contributed by atoms with Crippen LogP contribution in [0.4, 0.5) is 17.1 Å². The third kappa shape index (κ3) is 6.70. The van der Waals surface area contributed by atoms with Gasteiger partial charge in [0.2, 0.25) is 20.0 Å². The van der Waals surface area contributed by atoms with Crippen molar-refractivity contribution in [2.45, 2.75) is 0 Å². The van der Waals surface area contributed by atoms with Crippen LogP contribution in [0.5, 0.6) is 0 Å². The van der Waals surface area contributed by atoms with Crippen LogP contribution >= 0.6 is 0 Å². The molecule has 0 aliphatic carbocycles. The normalized spacial score (nSPS) is 14.7. The maximum Gasteiger partial charge on any atom is 3.00 e. The fourth-order valence-corrected chi connectivity index (χ4v) is 7.15. The maximum atomic E-state index is 5.97. The molecule has 9 aromatic rings. The number of hydrogen-bond donors (Lipinski definition) is 0. The Morgan fingerprint density at radius 2 is 0.672 bits per heavy atom. The van der Waals surface area contributed by atoms with Crippen molar-refractivity contribution in [2.24, 2.45) is 0 Å². The molecule has 3 aliphatic heterocycles. The molecule has 6 radical (unpaired) electrons. The second kappa shape index (κ2) is 15.4. The molecule has 3 aromatic heterocycles. The summed E-state index contributed by atoms with van der Waals surface area (Å²) in [5.74, 6) is 0. The smallest absolute Gasteiger partial charge is 0.513 e. The van der Waals surface area contributed by atoms with E-state index < -0.39 is 0 Å². The molecule has 282 valence electrons. The van der Waals surface area contributed by atoms with Crippen LogP contribution in [0.25, 0.3) is 65.8 Å². The maximum absolute atomic E-state index is 5.97.